The van der Waals surface area contributed by atoms with Crippen LogP contribution in [-0.2, 0) is 15.8 Å². The summed E-state index contributed by atoms with van der Waals surface area (Å²) in [6, 6.07) is 12.4. The SMILES string of the molecule is C[C@@H]1CCCN(S(=O)(=O)c2ccc3c(c2)nc(SCc2cccc(F)c2)n3C2CCCC2)C1. The number of hydrogen-bond acceptors (Lipinski definition) is 4. The van der Waals surface area contributed by atoms with Gasteiger partial charge in [-0.25, -0.2) is 17.8 Å². The van der Waals surface area contributed by atoms with Gasteiger partial charge in [0.05, 0.1) is 15.9 Å². The number of piperidine rings is 1. The minimum atomic E-state index is -3.53. The van der Waals surface area contributed by atoms with Crippen LogP contribution in [0.4, 0.5) is 4.39 Å². The van der Waals surface area contributed by atoms with Gasteiger partial charge in [-0.05, 0) is 67.5 Å². The number of hydrogen-bond donors (Lipinski definition) is 0. The Hall–Kier alpha value is -1.90. The second kappa shape index (κ2) is 9.39. The highest BCUT2D eigenvalue weighted by Crippen LogP contribution is 2.38. The third kappa shape index (κ3) is 4.70. The molecule has 0 amide bonds. The maximum absolute atomic E-state index is 13.6. The van der Waals surface area contributed by atoms with Crippen molar-refractivity contribution >= 4 is 32.8 Å². The number of nitrogens with zero attached hydrogens (tertiary/aromatic N) is 3. The molecular formula is C25H30FN3O2S2. The minimum Gasteiger partial charge on any atom is -0.316 e. The van der Waals surface area contributed by atoms with E-state index < -0.39 is 10.0 Å². The first kappa shape index (κ1) is 22.9. The maximum Gasteiger partial charge on any atom is 0.243 e. The van der Waals surface area contributed by atoms with Crippen LogP contribution in [-0.4, -0.2) is 35.4 Å². The van der Waals surface area contributed by atoms with Crippen molar-refractivity contribution in [1.29, 1.82) is 0 Å². The van der Waals surface area contributed by atoms with Gasteiger partial charge < -0.3 is 4.57 Å². The quantitative estimate of drug-likeness (QED) is 0.400. The molecule has 33 heavy (non-hydrogen) atoms. The molecule has 176 valence electrons. The second-order valence-electron chi connectivity index (χ2n) is 9.38. The lowest BCUT2D eigenvalue weighted by molar-refractivity contribution is 0.281. The molecule has 1 atom stereocenters. The Balaban J connectivity index is 1.49. The third-order valence-corrected chi connectivity index (χ3v) is 9.72. The monoisotopic (exact) mass is 487 g/mol. The standard InChI is InChI=1S/C25H30FN3O2S2/c1-18-6-5-13-28(16-18)33(30,31)22-11-12-24-23(15-22)27-25(29(24)21-9-2-3-10-21)32-17-19-7-4-8-20(26)14-19/h4,7-8,11-12,14-15,18,21H,2-3,5-6,9-10,13,16-17H2,1H3/t18-/m1/s1. The molecule has 3 aromatic rings. The molecule has 1 aliphatic carbocycles. The molecule has 8 heteroatoms. The van der Waals surface area contributed by atoms with Gasteiger partial charge in [-0.1, -0.05) is 43.7 Å². The fourth-order valence-electron chi connectivity index (χ4n) is 5.12. The predicted octanol–water partition coefficient (Wildman–Crippen LogP) is 6.00. The molecule has 5 rings (SSSR count). The summed E-state index contributed by atoms with van der Waals surface area (Å²) in [6.07, 6.45) is 6.56. The average molecular weight is 488 g/mol. The van der Waals surface area contributed by atoms with Gasteiger partial charge in [-0.3, -0.25) is 0 Å². The molecule has 2 fully saturated rings. The number of aromatic nitrogens is 2. The van der Waals surface area contributed by atoms with Crippen LogP contribution in [0, 0.1) is 11.7 Å². The predicted molar refractivity (Wildman–Crippen MR) is 130 cm³/mol. The minimum absolute atomic E-state index is 0.237. The summed E-state index contributed by atoms with van der Waals surface area (Å²) in [6.45, 7) is 3.26. The largest absolute Gasteiger partial charge is 0.316 e. The van der Waals surface area contributed by atoms with Crippen LogP contribution in [0.5, 0.6) is 0 Å². The number of rotatable bonds is 6. The van der Waals surface area contributed by atoms with Crippen molar-refractivity contribution < 1.29 is 12.8 Å². The van der Waals surface area contributed by atoms with Crippen molar-refractivity contribution in [2.45, 2.75) is 67.3 Å². The molecule has 1 aromatic heterocycles. The topological polar surface area (TPSA) is 55.2 Å². The van der Waals surface area contributed by atoms with Crippen LogP contribution in [0.25, 0.3) is 11.0 Å². The van der Waals surface area contributed by atoms with Crippen LogP contribution < -0.4 is 0 Å². The number of benzene rings is 2. The van der Waals surface area contributed by atoms with Gasteiger partial charge in [0.15, 0.2) is 5.16 Å². The molecule has 0 bridgehead atoms. The first-order chi connectivity index (χ1) is 15.9. The molecule has 1 saturated heterocycles. The summed E-state index contributed by atoms with van der Waals surface area (Å²) in [5, 5.41) is 0.877. The molecular weight excluding hydrogens is 457 g/mol. The van der Waals surface area contributed by atoms with Gasteiger partial charge in [0.1, 0.15) is 5.82 Å². The Bertz CT molecular complexity index is 1250. The Morgan fingerprint density at radius 3 is 2.67 bits per heavy atom. The second-order valence-corrected chi connectivity index (χ2v) is 12.3. The van der Waals surface area contributed by atoms with Crippen LogP contribution >= 0.6 is 11.8 Å². The van der Waals surface area contributed by atoms with Crippen molar-refractivity contribution in [1.82, 2.24) is 13.9 Å². The molecule has 0 N–H and O–H groups in total. The van der Waals surface area contributed by atoms with Gasteiger partial charge >= 0.3 is 0 Å². The Labute approximate surface area is 199 Å². The lowest BCUT2D eigenvalue weighted by Gasteiger charge is -2.30. The van der Waals surface area contributed by atoms with Gasteiger partial charge in [0, 0.05) is 24.9 Å². The lowest BCUT2D eigenvalue weighted by atomic mass is 10.0. The first-order valence-corrected chi connectivity index (χ1v) is 14.2. The average Bonchev–Trinajstić information content (AvgIpc) is 3.44. The van der Waals surface area contributed by atoms with E-state index in [-0.39, 0.29) is 5.82 Å². The maximum atomic E-state index is 13.6. The van der Waals surface area contributed by atoms with E-state index in [0.29, 0.717) is 35.7 Å². The van der Waals surface area contributed by atoms with Crippen LogP contribution in [0.2, 0.25) is 0 Å². The molecule has 2 heterocycles. The number of sulfonamides is 1. The Morgan fingerprint density at radius 2 is 1.91 bits per heavy atom. The summed E-state index contributed by atoms with van der Waals surface area (Å²) >= 11 is 1.59. The first-order valence-electron chi connectivity index (χ1n) is 11.8. The van der Waals surface area contributed by atoms with Crippen molar-refractivity contribution in [3.63, 3.8) is 0 Å². The van der Waals surface area contributed by atoms with Gasteiger partial charge in [0.25, 0.3) is 0 Å². The summed E-state index contributed by atoms with van der Waals surface area (Å²) in [5.74, 6) is 0.758. The van der Waals surface area contributed by atoms with Crippen LogP contribution in [0.15, 0.2) is 52.5 Å². The highest BCUT2D eigenvalue weighted by atomic mass is 32.2. The van der Waals surface area contributed by atoms with E-state index in [1.807, 2.05) is 12.1 Å². The van der Waals surface area contributed by atoms with E-state index in [9.17, 15) is 12.8 Å². The summed E-state index contributed by atoms with van der Waals surface area (Å²) in [7, 11) is -3.53. The van der Waals surface area contributed by atoms with E-state index in [2.05, 4.69) is 11.5 Å². The fourth-order valence-corrected chi connectivity index (χ4v) is 7.77. The highest BCUT2D eigenvalue weighted by Gasteiger charge is 2.30. The molecule has 1 saturated carbocycles. The van der Waals surface area contributed by atoms with Crippen molar-refractivity contribution in [3.8, 4) is 0 Å². The molecule has 0 unspecified atom stereocenters. The number of imidazole rings is 1. The number of halogens is 1. The highest BCUT2D eigenvalue weighted by molar-refractivity contribution is 7.98. The van der Waals surface area contributed by atoms with Crippen molar-refractivity contribution in [2.75, 3.05) is 13.1 Å². The van der Waals surface area contributed by atoms with Crippen molar-refractivity contribution in [2.24, 2.45) is 5.92 Å². The van der Waals surface area contributed by atoms with E-state index in [0.717, 1.165) is 47.4 Å². The molecule has 2 aromatic carbocycles. The van der Waals surface area contributed by atoms with Gasteiger partial charge in [-0.2, -0.15) is 4.31 Å². The van der Waals surface area contributed by atoms with E-state index in [4.69, 9.17) is 4.98 Å². The van der Waals surface area contributed by atoms with Crippen LogP contribution in [0.3, 0.4) is 0 Å². The fraction of sp³-hybridized carbons (Fsp3) is 0.480. The zero-order valence-electron chi connectivity index (χ0n) is 18.9. The number of fused-ring (bicyclic) bond motifs is 1. The van der Waals surface area contributed by atoms with E-state index in [1.165, 1.54) is 18.9 Å². The van der Waals surface area contributed by atoms with Gasteiger partial charge in [-0.15, -0.1) is 0 Å². The lowest BCUT2D eigenvalue weighted by Crippen LogP contribution is -2.39. The summed E-state index contributed by atoms with van der Waals surface area (Å²) in [5.41, 5.74) is 2.61. The zero-order valence-corrected chi connectivity index (χ0v) is 20.5. The number of thioether (sulfide) groups is 1. The van der Waals surface area contributed by atoms with E-state index >= 15 is 0 Å². The Morgan fingerprint density at radius 1 is 1.09 bits per heavy atom. The zero-order chi connectivity index (χ0) is 23.0. The molecule has 1 aliphatic heterocycles. The van der Waals surface area contributed by atoms with Crippen LogP contribution in [0.1, 0.15) is 57.1 Å². The summed E-state index contributed by atoms with van der Waals surface area (Å²) in [4.78, 5) is 5.20. The summed E-state index contributed by atoms with van der Waals surface area (Å²) < 4.78 is 44.2. The molecule has 5 nitrogen and oxygen atoms in total. The molecule has 0 radical (unpaired) electrons. The molecule has 2 aliphatic rings. The normalized spacial score (nSPS) is 20.6. The Kier molecular flexibility index (Phi) is 6.51. The third-order valence-electron chi connectivity index (χ3n) is 6.83. The smallest absolute Gasteiger partial charge is 0.243 e. The van der Waals surface area contributed by atoms with Crippen molar-refractivity contribution in [3.05, 3.63) is 53.8 Å². The van der Waals surface area contributed by atoms with Gasteiger partial charge in [0.2, 0.25) is 10.0 Å². The molecule has 0 spiro atoms. The van der Waals surface area contributed by atoms with E-state index in [1.54, 1.807) is 40.3 Å².